The quantitative estimate of drug-likeness (QED) is 0.883. The van der Waals surface area contributed by atoms with Gasteiger partial charge in [-0.15, -0.1) is 10.2 Å². The Labute approximate surface area is 97.1 Å². The number of ether oxygens (including phenoxy) is 1. The Morgan fingerprint density at radius 1 is 1.31 bits per heavy atom. The molecule has 3 rings (SSSR count). The van der Waals surface area contributed by atoms with Gasteiger partial charge in [0.2, 0.25) is 5.13 Å². The van der Waals surface area contributed by atoms with E-state index in [2.05, 4.69) is 10.2 Å². The zero-order chi connectivity index (χ0) is 11.0. The van der Waals surface area contributed by atoms with Crippen LogP contribution < -0.4 is 10.5 Å². The Kier molecular flexibility index (Phi) is 2.25. The van der Waals surface area contributed by atoms with Gasteiger partial charge in [-0.1, -0.05) is 23.5 Å². The molecule has 0 bridgehead atoms. The summed E-state index contributed by atoms with van der Waals surface area (Å²) in [6, 6.07) is 7.90. The maximum Gasteiger partial charge on any atom is 0.203 e. The lowest BCUT2D eigenvalue weighted by molar-refractivity contribution is 0.303. The molecule has 2 N–H and O–H groups in total. The molecule has 0 atom stereocenters. The Morgan fingerprint density at radius 2 is 2.19 bits per heavy atom. The molecule has 0 aliphatic heterocycles. The summed E-state index contributed by atoms with van der Waals surface area (Å²) in [7, 11) is 0. The van der Waals surface area contributed by atoms with Crippen molar-refractivity contribution in [1.29, 1.82) is 0 Å². The Hall–Kier alpha value is -1.62. The fourth-order valence-electron chi connectivity index (χ4n) is 1.43. The van der Waals surface area contributed by atoms with Crippen molar-refractivity contribution in [2.24, 2.45) is 0 Å². The van der Waals surface area contributed by atoms with Crippen molar-refractivity contribution in [3.63, 3.8) is 0 Å². The van der Waals surface area contributed by atoms with E-state index in [1.807, 2.05) is 24.3 Å². The molecule has 1 aromatic carbocycles. The summed E-state index contributed by atoms with van der Waals surface area (Å²) in [6.07, 6.45) is 2.74. The van der Waals surface area contributed by atoms with Crippen LogP contribution >= 0.6 is 11.3 Å². The Bertz CT molecular complexity index is 507. The first-order valence-corrected chi connectivity index (χ1v) is 5.99. The molecule has 5 heteroatoms. The van der Waals surface area contributed by atoms with Crippen LogP contribution in [0.2, 0.25) is 0 Å². The number of anilines is 1. The first-order chi connectivity index (χ1) is 7.81. The lowest BCUT2D eigenvalue weighted by Gasteiger charge is -2.04. The number of benzene rings is 1. The fraction of sp³-hybridized carbons (Fsp3) is 0.273. The molecule has 2 aromatic rings. The molecule has 0 spiro atoms. The normalized spacial score (nSPS) is 15.0. The summed E-state index contributed by atoms with van der Waals surface area (Å²) in [4.78, 5) is 0. The molecule has 1 aromatic heterocycles. The minimum Gasteiger partial charge on any atom is -0.490 e. The van der Waals surface area contributed by atoms with Crippen LogP contribution in [-0.4, -0.2) is 16.3 Å². The number of nitrogen functional groups attached to an aromatic ring is 1. The first-order valence-electron chi connectivity index (χ1n) is 5.17. The second kappa shape index (κ2) is 3.75. The van der Waals surface area contributed by atoms with Gasteiger partial charge in [0, 0.05) is 5.56 Å². The van der Waals surface area contributed by atoms with Gasteiger partial charge >= 0.3 is 0 Å². The third-order valence-electron chi connectivity index (χ3n) is 2.35. The van der Waals surface area contributed by atoms with Gasteiger partial charge in [-0.25, -0.2) is 0 Å². The second-order valence-corrected chi connectivity index (χ2v) is 4.80. The van der Waals surface area contributed by atoms with Crippen LogP contribution in [0.3, 0.4) is 0 Å². The minimum absolute atomic E-state index is 0.412. The lowest BCUT2D eigenvalue weighted by Crippen LogP contribution is -1.95. The van der Waals surface area contributed by atoms with Crippen molar-refractivity contribution in [1.82, 2.24) is 10.2 Å². The van der Waals surface area contributed by atoms with E-state index in [4.69, 9.17) is 10.5 Å². The van der Waals surface area contributed by atoms with Crippen LogP contribution in [0.15, 0.2) is 24.3 Å². The van der Waals surface area contributed by atoms with Crippen LogP contribution in [0.5, 0.6) is 5.75 Å². The smallest absolute Gasteiger partial charge is 0.203 e. The van der Waals surface area contributed by atoms with E-state index in [-0.39, 0.29) is 0 Å². The molecule has 1 fully saturated rings. The molecule has 0 unspecified atom stereocenters. The molecule has 1 saturated carbocycles. The molecule has 0 amide bonds. The van der Waals surface area contributed by atoms with Crippen molar-refractivity contribution in [3.05, 3.63) is 24.3 Å². The van der Waals surface area contributed by atoms with Gasteiger partial charge in [0.25, 0.3) is 0 Å². The largest absolute Gasteiger partial charge is 0.490 e. The van der Waals surface area contributed by atoms with Crippen molar-refractivity contribution in [3.8, 4) is 16.3 Å². The SMILES string of the molecule is Nc1nnc(-c2cccc(OC3CC3)c2)s1. The van der Waals surface area contributed by atoms with Gasteiger partial charge in [-0.05, 0) is 25.0 Å². The van der Waals surface area contributed by atoms with E-state index in [9.17, 15) is 0 Å². The molecule has 1 aliphatic carbocycles. The van der Waals surface area contributed by atoms with Crippen LogP contribution in [0.1, 0.15) is 12.8 Å². The first kappa shape index (κ1) is 9.59. The number of nitrogens with two attached hydrogens (primary N) is 1. The summed E-state index contributed by atoms with van der Waals surface area (Å²) < 4.78 is 5.72. The van der Waals surface area contributed by atoms with Crippen molar-refractivity contribution in [2.75, 3.05) is 5.73 Å². The van der Waals surface area contributed by atoms with Crippen LogP contribution in [0.4, 0.5) is 5.13 Å². The summed E-state index contributed by atoms with van der Waals surface area (Å²) in [5.41, 5.74) is 6.57. The van der Waals surface area contributed by atoms with Crippen LogP contribution in [0, 0.1) is 0 Å². The van der Waals surface area contributed by atoms with Gasteiger partial charge < -0.3 is 10.5 Å². The summed E-state index contributed by atoms with van der Waals surface area (Å²) in [6.45, 7) is 0. The van der Waals surface area contributed by atoms with Crippen LogP contribution in [-0.2, 0) is 0 Å². The van der Waals surface area contributed by atoms with Gasteiger partial charge in [0.15, 0.2) is 0 Å². The Morgan fingerprint density at radius 3 is 2.88 bits per heavy atom. The molecule has 0 saturated heterocycles. The molecule has 4 nitrogen and oxygen atoms in total. The van der Waals surface area contributed by atoms with E-state index in [1.165, 1.54) is 11.3 Å². The number of rotatable bonds is 3. The number of nitrogens with zero attached hydrogens (tertiary/aromatic N) is 2. The predicted molar refractivity (Wildman–Crippen MR) is 63.4 cm³/mol. The van der Waals surface area contributed by atoms with Crippen molar-refractivity contribution >= 4 is 16.5 Å². The van der Waals surface area contributed by atoms with Crippen molar-refractivity contribution < 1.29 is 4.74 Å². The summed E-state index contributed by atoms with van der Waals surface area (Å²) >= 11 is 1.38. The highest BCUT2D eigenvalue weighted by Crippen LogP contribution is 2.31. The van der Waals surface area contributed by atoms with Crippen LogP contribution in [0.25, 0.3) is 10.6 Å². The Balaban J connectivity index is 1.88. The highest BCUT2D eigenvalue weighted by Gasteiger charge is 2.23. The average Bonchev–Trinajstić information content (AvgIpc) is 2.98. The third kappa shape index (κ3) is 1.99. The van der Waals surface area contributed by atoms with E-state index >= 15 is 0 Å². The highest BCUT2D eigenvalue weighted by molar-refractivity contribution is 7.18. The van der Waals surface area contributed by atoms with E-state index < -0.39 is 0 Å². The maximum absolute atomic E-state index is 5.72. The maximum atomic E-state index is 5.72. The molecule has 1 aliphatic rings. The topological polar surface area (TPSA) is 61.0 Å². The standard InChI is InChI=1S/C11H11N3OS/c12-11-14-13-10(16-11)7-2-1-3-9(6-7)15-8-4-5-8/h1-3,6,8H,4-5H2,(H2,12,14). The van der Waals surface area contributed by atoms with Gasteiger partial charge in [0.05, 0.1) is 6.10 Å². The van der Waals surface area contributed by atoms with Gasteiger partial charge in [-0.3, -0.25) is 0 Å². The lowest BCUT2D eigenvalue weighted by atomic mass is 10.2. The third-order valence-corrected chi connectivity index (χ3v) is 3.15. The highest BCUT2D eigenvalue weighted by atomic mass is 32.1. The summed E-state index contributed by atoms with van der Waals surface area (Å²) in [5, 5.41) is 9.13. The van der Waals surface area contributed by atoms with Gasteiger partial charge in [-0.2, -0.15) is 0 Å². The summed E-state index contributed by atoms with van der Waals surface area (Å²) in [5.74, 6) is 0.897. The molecular formula is C11H11N3OS. The molecular weight excluding hydrogens is 222 g/mol. The zero-order valence-electron chi connectivity index (χ0n) is 8.59. The second-order valence-electron chi connectivity index (χ2n) is 3.79. The van der Waals surface area contributed by atoms with Gasteiger partial charge in [0.1, 0.15) is 10.8 Å². The molecule has 1 heterocycles. The molecule has 82 valence electrons. The molecule has 0 radical (unpaired) electrons. The monoisotopic (exact) mass is 233 g/mol. The zero-order valence-corrected chi connectivity index (χ0v) is 9.41. The minimum atomic E-state index is 0.412. The molecule has 16 heavy (non-hydrogen) atoms. The number of hydrogen-bond donors (Lipinski definition) is 1. The fourth-order valence-corrected chi connectivity index (χ4v) is 2.04. The van der Waals surface area contributed by atoms with E-state index in [1.54, 1.807) is 0 Å². The average molecular weight is 233 g/mol. The predicted octanol–water partition coefficient (Wildman–Crippen LogP) is 2.33. The van der Waals surface area contributed by atoms with E-state index in [0.717, 1.165) is 29.2 Å². The number of aromatic nitrogens is 2. The van der Waals surface area contributed by atoms with E-state index in [0.29, 0.717) is 11.2 Å². The van der Waals surface area contributed by atoms with Crippen molar-refractivity contribution in [2.45, 2.75) is 18.9 Å². The number of hydrogen-bond acceptors (Lipinski definition) is 5.